The molecule has 0 bridgehead atoms. The average Bonchev–Trinajstić information content (AvgIpc) is 3.25. The molecule has 4 unspecified atom stereocenters. The van der Waals surface area contributed by atoms with Crippen molar-refractivity contribution in [3.8, 4) is 0 Å². The summed E-state index contributed by atoms with van der Waals surface area (Å²) in [6.45, 7) is 0.975. The maximum Gasteiger partial charge on any atom is 0.254 e. The number of hydrogen-bond acceptors (Lipinski definition) is 3. The number of rotatable bonds is 3. The molecule has 0 radical (unpaired) electrons. The van der Waals surface area contributed by atoms with Crippen LogP contribution in [-0.2, 0) is 9.53 Å². The predicted octanol–water partition coefficient (Wildman–Crippen LogP) is 4.34. The van der Waals surface area contributed by atoms with Crippen LogP contribution in [0.1, 0.15) is 54.1 Å². The molecule has 2 aromatic carbocycles. The highest BCUT2D eigenvalue weighted by molar-refractivity contribution is 5.98. The van der Waals surface area contributed by atoms with Crippen molar-refractivity contribution in [1.82, 2.24) is 9.80 Å². The molecule has 3 aliphatic rings. The quantitative estimate of drug-likeness (QED) is 0.693. The Hall–Kier alpha value is -2.80. The van der Waals surface area contributed by atoms with E-state index in [2.05, 4.69) is 0 Å². The SMILES string of the molecule is O=C(C1CC2CCCCC2N1C(=O)c1ccccc1)N1CCOC(c2ccc(F)c(F)c2)C1. The van der Waals surface area contributed by atoms with Crippen LogP contribution >= 0.6 is 0 Å². The van der Waals surface area contributed by atoms with E-state index in [0.717, 1.165) is 37.8 Å². The van der Waals surface area contributed by atoms with Gasteiger partial charge in [-0.05, 0) is 55.0 Å². The van der Waals surface area contributed by atoms with Crippen LogP contribution < -0.4 is 0 Å². The highest BCUT2D eigenvalue weighted by Gasteiger charge is 2.49. The number of carbonyl (C=O) groups excluding carboxylic acids is 2. The van der Waals surface area contributed by atoms with Crippen LogP contribution in [0.3, 0.4) is 0 Å². The van der Waals surface area contributed by atoms with Crippen molar-refractivity contribution in [2.45, 2.75) is 50.3 Å². The maximum absolute atomic E-state index is 13.8. The summed E-state index contributed by atoms with van der Waals surface area (Å²) in [6.07, 6.45) is 4.30. The number of likely N-dealkylation sites (tertiary alicyclic amines) is 1. The number of amides is 2. The van der Waals surface area contributed by atoms with Crippen molar-refractivity contribution >= 4 is 11.8 Å². The second-order valence-electron chi connectivity index (χ2n) is 9.26. The lowest BCUT2D eigenvalue weighted by atomic mass is 9.84. The minimum Gasteiger partial charge on any atom is -0.370 e. The van der Waals surface area contributed by atoms with E-state index in [9.17, 15) is 18.4 Å². The first kappa shape index (κ1) is 22.0. The Morgan fingerprint density at radius 2 is 1.76 bits per heavy atom. The molecule has 2 amide bonds. The Bertz CT molecular complexity index is 1030. The normalized spacial score (nSPS) is 27.3. The fraction of sp³-hybridized carbons (Fsp3) is 0.462. The summed E-state index contributed by atoms with van der Waals surface area (Å²) in [5.41, 5.74) is 1.10. The third-order valence-corrected chi connectivity index (χ3v) is 7.32. The van der Waals surface area contributed by atoms with Gasteiger partial charge in [0.1, 0.15) is 12.1 Å². The number of nitrogens with zero attached hydrogens (tertiary/aromatic N) is 2. The lowest BCUT2D eigenvalue weighted by Crippen LogP contribution is -2.53. The van der Waals surface area contributed by atoms with Gasteiger partial charge in [0.2, 0.25) is 5.91 Å². The number of hydrogen-bond donors (Lipinski definition) is 0. The van der Waals surface area contributed by atoms with E-state index in [1.165, 1.54) is 6.07 Å². The Morgan fingerprint density at radius 3 is 2.55 bits per heavy atom. The molecular weight excluding hydrogens is 426 g/mol. The second kappa shape index (κ2) is 9.21. The number of carbonyl (C=O) groups is 2. The van der Waals surface area contributed by atoms with Gasteiger partial charge in [0.05, 0.1) is 13.2 Å². The van der Waals surface area contributed by atoms with Crippen LogP contribution in [0.4, 0.5) is 8.78 Å². The second-order valence-corrected chi connectivity index (χ2v) is 9.26. The van der Waals surface area contributed by atoms with Crippen LogP contribution in [0.5, 0.6) is 0 Å². The van der Waals surface area contributed by atoms with Gasteiger partial charge in [0.25, 0.3) is 5.91 Å². The smallest absolute Gasteiger partial charge is 0.254 e. The van der Waals surface area contributed by atoms with Crippen molar-refractivity contribution in [1.29, 1.82) is 0 Å². The van der Waals surface area contributed by atoms with Gasteiger partial charge in [-0.25, -0.2) is 8.78 Å². The van der Waals surface area contributed by atoms with Gasteiger partial charge in [-0.15, -0.1) is 0 Å². The Kier molecular flexibility index (Phi) is 6.15. The minimum atomic E-state index is -0.931. The van der Waals surface area contributed by atoms with Crippen molar-refractivity contribution in [3.63, 3.8) is 0 Å². The van der Waals surface area contributed by atoms with Crippen molar-refractivity contribution in [2.24, 2.45) is 5.92 Å². The molecule has 0 spiro atoms. The van der Waals surface area contributed by atoms with Crippen LogP contribution in [0.15, 0.2) is 48.5 Å². The third-order valence-electron chi connectivity index (χ3n) is 7.32. The molecule has 7 heteroatoms. The van der Waals surface area contributed by atoms with E-state index in [1.54, 1.807) is 17.0 Å². The minimum absolute atomic E-state index is 0.0791. The summed E-state index contributed by atoms with van der Waals surface area (Å²) >= 11 is 0. The molecule has 1 saturated carbocycles. The maximum atomic E-state index is 13.8. The summed E-state index contributed by atoms with van der Waals surface area (Å²) in [6, 6.07) is 12.4. The molecule has 2 saturated heterocycles. The fourth-order valence-electron chi connectivity index (χ4n) is 5.68. The molecule has 2 aliphatic heterocycles. The molecular formula is C26H28F2N2O3. The standard InChI is InChI=1S/C26H28F2N2O3/c27-20-11-10-19(14-21(20)28)24-16-29(12-13-33-24)26(32)23-15-18-8-4-5-9-22(18)30(23)25(31)17-6-2-1-3-7-17/h1-3,6-7,10-11,14,18,22-24H,4-5,8-9,12-13,15-16H2. The number of halogens is 2. The van der Waals surface area contributed by atoms with Crippen LogP contribution in [-0.4, -0.2) is 53.4 Å². The van der Waals surface area contributed by atoms with E-state index in [0.29, 0.717) is 36.6 Å². The number of benzene rings is 2. The molecule has 1 aliphatic carbocycles. The lowest BCUT2D eigenvalue weighted by molar-refractivity contribution is -0.143. The summed E-state index contributed by atoms with van der Waals surface area (Å²) < 4.78 is 32.9. The highest BCUT2D eigenvalue weighted by atomic mass is 19.2. The molecule has 4 atom stereocenters. The van der Waals surface area contributed by atoms with Crippen molar-refractivity contribution in [3.05, 3.63) is 71.3 Å². The molecule has 174 valence electrons. The highest BCUT2D eigenvalue weighted by Crippen LogP contribution is 2.41. The van der Waals surface area contributed by atoms with E-state index in [1.807, 2.05) is 23.1 Å². The van der Waals surface area contributed by atoms with E-state index in [-0.39, 0.29) is 24.4 Å². The molecule has 0 N–H and O–H groups in total. The zero-order chi connectivity index (χ0) is 22.9. The molecule has 2 heterocycles. The predicted molar refractivity (Wildman–Crippen MR) is 118 cm³/mol. The first-order valence-electron chi connectivity index (χ1n) is 11.8. The first-order chi connectivity index (χ1) is 16.0. The van der Waals surface area contributed by atoms with Gasteiger partial charge in [-0.2, -0.15) is 0 Å². The van der Waals surface area contributed by atoms with Crippen molar-refractivity contribution < 1.29 is 23.1 Å². The Balaban J connectivity index is 1.38. The van der Waals surface area contributed by atoms with E-state index < -0.39 is 23.8 Å². The number of fused-ring (bicyclic) bond motifs is 1. The molecule has 5 rings (SSSR count). The van der Waals surface area contributed by atoms with Gasteiger partial charge in [0.15, 0.2) is 11.6 Å². The van der Waals surface area contributed by atoms with Gasteiger partial charge in [-0.3, -0.25) is 9.59 Å². The van der Waals surface area contributed by atoms with Gasteiger partial charge in [0, 0.05) is 18.2 Å². The summed E-state index contributed by atoms with van der Waals surface area (Å²) in [4.78, 5) is 30.8. The summed E-state index contributed by atoms with van der Waals surface area (Å²) in [7, 11) is 0. The largest absolute Gasteiger partial charge is 0.370 e. The molecule has 33 heavy (non-hydrogen) atoms. The summed E-state index contributed by atoms with van der Waals surface area (Å²) in [5.74, 6) is -1.67. The van der Waals surface area contributed by atoms with E-state index in [4.69, 9.17) is 4.74 Å². The van der Waals surface area contributed by atoms with Gasteiger partial charge in [-0.1, -0.05) is 37.1 Å². The van der Waals surface area contributed by atoms with Crippen LogP contribution in [0.2, 0.25) is 0 Å². The first-order valence-corrected chi connectivity index (χ1v) is 11.8. The third kappa shape index (κ3) is 4.26. The topological polar surface area (TPSA) is 49.9 Å². The number of ether oxygens (including phenoxy) is 1. The fourth-order valence-corrected chi connectivity index (χ4v) is 5.68. The van der Waals surface area contributed by atoms with Gasteiger partial charge >= 0.3 is 0 Å². The molecule has 0 aromatic heterocycles. The van der Waals surface area contributed by atoms with Crippen molar-refractivity contribution in [2.75, 3.05) is 19.7 Å². The zero-order valence-corrected chi connectivity index (χ0v) is 18.5. The zero-order valence-electron chi connectivity index (χ0n) is 18.5. The molecule has 2 aromatic rings. The average molecular weight is 455 g/mol. The lowest BCUT2D eigenvalue weighted by Gasteiger charge is -2.38. The molecule has 3 fully saturated rings. The van der Waals surface area contributed by atoms with E-state index >= 15 is 0 Å². The Labute approximate surface area is 192 Å². The summed E-state index contributed by atoms with van der Waals surface area (Å²) in [5, 5.41) is 0. The van der Waals surface area contributed by atoms with Crippen LogP contribution in [0, 0.1) is 17.6 Å². The number of morpholine rings is 1. The Morgan fingerprint density at radius 1 is 0.970 bits per heavy atom. The van der Waals surface area contributed by atoms with Crippen LogP contribution in [0.25, 0.3) is 0 Å². The monoisotopic (exact) mass is 454 g/mol. The molecule has 5 nitrogen and oxygen atoms in total. The van der Waals surface area contributed by atoms with Gasteiger partial charge < -0.3 is 14.5 Å².